The summed E-state index contributed by atoms with van der Waals surface area (Å²) in [6, 6.07) is 11.1. The molecule has 0 atom stereocenters. The van der Waals surface area contributed by atoms with Crippen LogP contribution in [0.1, 0.15) is 44.9 Å². The number of halogens is 1. The van der Waals surface area contributed by atoms with E-state index in [2.05, 4.69) is 19.8 Å². The average molecular weight is 570 g/mol. The molecule has 0 amide bonds. The summed E-state index contributed by atoms with van der Waals surface area (Å²) >= 11 is 0. The van der Waals surface area contributed by atoms with E-state index in [0.717, 1.165) is 82.3 Å². The van der Waals surface area contributed by atoms with Gasteiger partial charge in [0.2, 0.25) is 0 Å². The Labute approximate surface area is 244 Å². The zero-order valence-corrected chi connectivity index (χ0v) is 23.8. The van der Waals surface area contributed by atoms with Crippen LogP contribution >= 0.6 is 0 Å². The van der Waals surface area contributed by atoms with Crippen LogP contribution in [0.2, 0.25) is 0 Å². The van der Waals surface area contributed by atoms with Crippen molar-refractivity contribution in [2.75, 3.05) is 50.9 Å². The van der Waals surface area contributed by atoms with Gasteiger partial charge in [-0.05, 0) is 86.4 Å². The number of hydrogen-bond acceptors (Lipinski definition) is 8. The maximum Gasteiger partial charge on any atom is 0.319 e. The van der Waals surface area contributed by atoms with Gasteiger partial charge in [-0.1, -0.05) is 24.3 Å². The molecule has 4 saturated heterocycles. The summed E-state index contributed by atoms with van der Waals surface area (Å²) in [5, 5.41) is 12.7. The first kappa shape index (κ1) is 26.1. The van der Waals surface area contributed by atoms with Crippen molar-refractivity contribution < 1.29 is 19.0 Å². The molecule has 1 N–H and O–H groups in total. The third-order valence-corrected chi connectivity index (χ3v) is 10.3. The maximum atomic E-state index is 16.6. The number of aromatic nitrogens is 3. The molecule has 0 bridgehead atoms. The van der Waals surface area contributed by atoms with Gasteiger partial charge < -0.3 is 19.5 Å². The number of benzene rings is 2. The largest absolute Gasteiger partial charge is 0.508 e. The standard InChI is InChI=1S/C33H36FN5O3/c34-27-28(25-18-23(40)17-22-5-1-2-6-24(22)25)35-19-26-29(27)36-31(42-21-33-7-3-12-39(33)13-4-8-33)37-30(26)38-14-9-32(10-15-38)11-16-41-20-32/h1-2,5-6,17-19,40H,3-4,7-16,20-21H2. The molecule has 8 nitrogen and oxygen atoms in total. The van der Waals surface area contributed by atoms with E-state index in [1.807, 2.05) is 24.3 Å². The summed E-state index contributed by atoms with van der Waals surface area (Å²) in [5.74, 6) is 0.207. The Bertz CT molecular complexity index is 1650. The van der Waals surface area contributed by atoms with Crippen molar-refractivity contribution in [3.8, 4) is 23.0 Å². The SMILES string of the molecule is Oc1cc(-c2ncc3c(N4CCC5(CCOC5)CC4)nc(OCC45CCCN4CCC5)nc3c2F)c2ccccc2c1. The number of piperidine rings is 1. The summed E-state index contributed by atoms with van der Waals surface area (Å²) in [5.41, 5.74) is 1.15. The second-order valence-corrected chi connectivity index (χ2v) is 12.7. The number of phenols is 1. The predicted molar refractivity (Wildman–Crippen MR) is 159 cm³/mol. The number of aromatic hydroxyl groups is 1. The highest BCUT2D eigenvalue weighted by atomic mass is 19.1. The molecule has 4 aliphatic heterocycles. The van der Waals surface area contributed by atoms with Gasteiger partial charge in [-0.2, -0.15) is 9.97 Å². The highest BCUT2D eigenvalue weighted by Gasteiger charge is 2.45. The maximum absolute atomic E-state index is 16.6. The molecule has 42 heavy (non-hydrogen) atoms. The van der Waals surface area contributed by atoms with Crippen LogP contribution in [0.5, 0.6) is 11.8 Å². The third-order valence-electron chi connectivity index (χ3n) is 10.3. The highest BCUT2D eigenvalue weighted by Crippen LogP contribution is 2.43. The Balaban J connectivity index is 1.22. The van der Waals surface area contributed by atoms with E-state index >= 15 is 4.39 Å². The second kappa shape index (κ2) is 10.0. The molecule has 4 aliphatic rings. The van der Waals surface area contributed by atoms with Crippen molar-refractivity contribution in [1.29, 1.82) is 0 Å². The lowest BCUT2D eigenvalue weighted by atomic mass is 9.78. The molecule has 2 aromatic carbocycles. The van der Waals surface area contributed by atoms with Crippen LogP contribution in [0.25, 0.3) is 32.9 Å². The van der Waals surface area contributed by atoms with Gasteiger partial charge >= 0.3 is 6.01 Å². The number of anilines is 1. The third kappa shape index (κ3) is 4.28. The molecule has 4 fully saturated rings. The first-order chi connectivity index (χ1) is 20.5. The Hall–Kier alpha value is -3.56. The molecule has 0 saturated carbocycles. The minimum absolute atomic E-state index is 0.0287. The van der Waals surface area contributed by atoms with Gasteiger partial charge in [0, 0.05) is 31.5 Å². The lowest BCUT2D eigenvalue weighted by molar-refractivity contribution is 0.107. The van der Waals surface area contributed by atoms with E-state index in [4.69, 9.17) is 14.5 Å². The van der Waals surface area contributed by atoms with Crippen LogP contribution < -0.4 is 9.64 Å². The zero-order chi connectivity index (χ0) is 28.3. The van der Waals surface area contributed by atoms with Crippen LogP contribution in [-0.4, -0.2) is 76.5 Å². The van der Waals surface area contributed by atoms with Gasteiger partial charge in [0.05, 0.1) is 17.5 Å². The van der Waals surface area contributed by atoms with Crippen LogP contribution in [0.4, 0.5) is 10.2 Å². The van der Waals surface area contributed by atoms with E-state index in [9.17, 15) is 5.11 Å². The fourth-order valence-corrected chi connectivity index (χ4v) is 7.90. The fraction of sp³-hybridized carbons (Fsp3) is 0.485. The molecule has 4 aromatic rings. The van der Waals surface area contributed by atoms with Crippen LogP contribution in [0.15, 0.2) is 42.6 Å². The fourth-order valence-electron chi connectivity index (χ4n) is 7.90. The van der Waals surface area contributed by atoms with Gasteiger partial charge in [-0.25, -0.2) is 4.39 Å². The Morgan fingerprint density at radius 1 is 0.952 bits per heavy atom. The number of pyridine rings is 1. The summed E-state index contributed by atoms with van der Waals surface area (Å²) in [6.07, 6.45) is 9.36. The van der Waals surface area contributed by atoms with Crippen LogP contribution in [0, 0.1) is 11.2 Å². The Morgan fingerprint density at radius 2 is 1.76 bits per heavy atom. The zero-order valence-electron chi connectivity index (χ0n) is 23.8. The van der Waals surface area contributed by atoms with Gasteiger partial charge in [-0.3, -0.25) is 9.88 Å². The minimum Gasteiger partial charge on any atom is -0.508 e. The predicted octanol–water partition coefficient (Wildman–Crippen LogP) is 5.70. The number of nitrogens with zero attached hydrogens (tertiary/aromatic N) is 5. The molecule has 218 valence electrons. The smallest absolute Gasteiger partial charge is 0.319 e. The normalized spacial score (nSPS) is 21.5. The number of fused-ring (bicyclic) bond motifs is 3. The van der Waals surface area contributed by atoms with Gasteiger partial charge in [0.15, 0.2) is 5.82 Å². The lowest BCUT2D eigenvalue weighted by Crippen LogP contribution is -2.43. The van der Waals surface area contributed by atoms with Crippen molar-refractivity contribution in [2.45, 2.75) is 50.5 Å². The van der Waals surface area contributed by atoms with E-state index in [1.165, 1.54) is 12.8 Å². The molecule has 0 aliphatic carbocycles. The topological polar surface area (TPSA) is 83.8 Å². The van der Waals surface area contributed by atoms with Crippen molar-refractivity contribution in [1.82, 2.24) is 19.9 Å². The van der Waals surface area contributed by atoms with Crippen LogP contribution in [-0.2, 0) is 4.74 Å². The van der Waals surface area contributed by atoms with Crippen molar-refractivity contribution >= 4 is 27.5 Å². The first-order valence-corrected chi connectivity index (χ1v) is 15.3. The molecule has 8 rings (SSSR count). The van der Waals surface area contributed by atoms with E-state index < -0.39 is 5.82 Å². The minimum atomic E-state index is -0.532. The Kier molecular flexibility index (Phi) is 6.23. The number of phenolic OH excluding ortho intramolecular Hbond substituents is 1. The molecular formula is C33H36FN5O3. The lowest BCUT2D eigenvalue weighted by Gasteiger charge is -2.39. The summed E-state index contributed by atoms with van der Waals surface area (Å²) in [4.78, 5) is 19.0. The second-order valence-electron chi connectivity index (χ2n) is 12.7. The summed E-state index contributed by atoms with van der Waals surface area (Å²) in [6.45, 7) is 5.99. The number of rotatable bonds is 5. The van der Waals surface area contributed by atoms with Crippen molar-refractivity contribution in [2.24, 2.45) is 5.41 Å². The monoisotopic (exact) mass is 569 g/mol. The molecular weight excluding hydrogens is 533 g/mol. The van der Waals surface area contributed by atoms with E-state index in [1.54, 1.807) is 18.3 Å². The summed E-state index contributed by atoms with van der Waals surface area (Å²) in [7, 11) is 0. The summed E-state index contributed by atoms with van der Waals surface area (Å²) < 4.78 is 28.7. The van der Waals surface area contributed by atoms with Crippen molar-refractivity contribution in [3.63, 3.8) is 0 Å². The molecule has 1 spiro atoms. The number of ether oxygens (including phenoxy) is 2. The highest BCUT2D eigenvalue weighted by molar-refractivity contribution is 5.99. The van der Waals surface area contributed by atoms with Crippen molar-refractivity contribution in [3.05, 3.63) is 48.4 Å². The first-order valence-electron chi connectivity index (χ1n) is 15.3. The van der Waals surface area contributed by atoms with Crippen LogP contribution in [0.3, 0.4) is 0 Å². The molecule has 0 radical (unpaired) electrons. The molecule has 0 unspecified atom stereocenters. The molecule has 9 heteroatoms. The number of hydrogen-bond donors (Lipinski definition) is 1. The van der Waals surface area contributed by atoms with Gasteiger partial charge in [0.25, 0.3) is 0 Å². The molecule has 6 heterocycles. The van der Waals surface area contributed by atoms with Gasteiger partial charge in [0.1, 0.15) is 29.4 Å². The van der Waals surface area contributed by atoms with Gasteiger partial charge in [-0.15, -0.1) is 0 Å². The average Bonchev–Trinajstić information content (AvgIpc) is 3.73. The Morgan fingerprint density at radius 3 is 2.55 bits per heavy atom. The van der Waals surface area contributed by atoms with E-state index in [-0.39, 0.29) is 33.9 Å². The molecule has 2 aromatic heterocycles. The quantitative estimate of drug-likeness (QED) is 0.328. The van der Waals surface area contributed by atoms with E-state index in [0.29, 0.717) is 23.4 Å².